The van der Waals surface area contributed by atoms with Gasteiger partial charge in [0, 0.05) is 30.5 Å². The Kier molecular flexibility index (Phi) is 6.58. The molecular weight excluding hydrogens is 458 g/mol. The van der Waals surface area contributed by atoms with Gasteiger partial charge in [-0.3, -0.25) is 0 Å². The van der Waals surface area contributed by atoms with Crippen LogP contribution in [-0.2, 0) is 43.7 Å². The van der Waals surface area contributed by atoms with Crippen LogP contribution in [0.2, 0.25) is 0 Å². The molecule has 0 atom stereocenters. The third-order valence-electron chi connectivity index (χ3n) is 6.19. The number of hydrogen-bond donors (Lipinski definition) is 0. The molecule has 1 saturated heterocycles. The van der Waals surface area contributed by atoms with Gasteiger partial charge in [-0.25, -0.2) is 13.2 Å². The van der Waals surface area contributed by atoms with Crippen molar-refractivity contribution in [3.63, 3.8) is 0 Å². The summed E-state index contributed by atoms with van der Waals surface area (Å²) in [5.41, 5.74) is 2.67. The molecule has 1 aliphatic heterocycles. The van der Waals surface area contributed by atoms with Gasteiger partial charge >= 0.3 is 5.97 Å². The van der Waals surface area contributed by atoms with Gasteiger partial charge in [0.15, 0.2) is 6.61 Å². The molecule has 2 heterocycles. The Bertz CT molecular complexity index is 1290. The van der Waals surface area contributed by atoms with Crippen LogP contribution in [0.5, 0.6) is 5.75 Å². The maximum absolute atomic E-state index is 12.8. The number of rotatable bonds is 7. The van der Waals surface area contributed by atoms with Gasteiger partial charge in [0.2, 0.25) is 10.0 Å². The lowest BCUT2D eigenvalue weighted by molar-refractivity contribution is -0.147. The molecule has 9 heteroatoms. The molecule has 0 unspecified atom stereocenters. The van der Waals surface area contributed by atoms with Crippen LogP contribution in [0.1, 0.15) is 29.7 Å². The summed E-state index contributed by atoms with van der Waals surface area (Å²) in [6, 6.07) is 12.0. The highest BCUT2D eigenvalue weighted by Crippen LogP contribution is 2.34. The van der Waals surface area contributed by atoms with Gasteiger partial charge in [-0.05, 0) is 55.2 Å². The fourth-order valence-corrected chi connectivity index (χ4v) is 5.89. The minimum Gasteiger partial charge on any atom is -0.482 e. The summed E-state index contributed by atoms with van der Waals surface area (Å²) in [6.45, 7) is 1.14. The number of esters is 1. The third kappa shape index (κ3) is 4.82. The topological polar surface area (TPSA) is 95.3 Å². The van der Waals surface area contributed by atoms with Crippen molar-refractivity contribution in [2.75, 3.05) is 32.9 Å². The van der Waals surface area contributed by atoms with Gasteiger partial charge < -0.3 is 18.6 Å². The molecular formula is C25H27NO7S. The molecule has 0 bridgehead atoms. The fraction of sp³-hybridized carbons (Fsp3) is 0.400. The second kappa shape index (κ2) is 9.77. The van der Waals surface area contributed by atoms with Gasteiger partial charge in [-0.15, -0.1) is 0 Å². The van der Waals surface area contributed by atoms with Crippen molar-refractivity contribution in [1.29, 1.82) is 0 Å². The molecule has 180 valence electrons. The van der Waals surface area contributed by atoms with Crippen molar-refractivity contribution in [3.05, 3.63) is 59.4 Å². The lowest BCUT2D eigenvalue weighted by atomic mass is 9.96. The molecule has 34 heavy (non-hydrogen) atoms. The van der Waals surface area contributed by atoms with Crippen molar-refractivity contribution in [2.45, 2.75) is 37.2 Å². The van der Waals surface area contributed by atoms with E-state index in [4.69, 9.17) is 18.6 Å². The number of benzene rings is 2. The first-order chi connectivity index (χ1) is 16.5. The highest BCUT2D eigenvalue weighted by Gasteiger charge is 2.26. The van der Waals surface area contributed by atoms with Crippen LogP contribution in [0, 0.1) is 0 Å². The highest BCUT2D eigenvalue weighted by atomic mass is 32.2. The summed E-state index contributed by atoms with van der Waals surface area (Å²) < 4.78 is 49.2. The Hall–Kier alpha value is -2.88. The number of carbonyl (C=O) groups is 1. The number of ether oxygens (including phenoxy) is 3. The monoisotopic (exact) mass is 485 g/mol. The van der Waals surface area contributed by atoms with Crippen molar-refractivity contribution < 1.29 is 31.8 Å². The minimum atomic E-state index is -3.61. The van der Waals surface area contributed by atoms with Gasteiger partial charge in [0.05, 0.1) is 18.1 Å². The molecule has 0 saturated carbocycles. The average molecular weight is 486 g/mol. The SMILES string of the molecule is O=C(COc1ccc2oc3c(c2c1)CCCC3)OCc1cccc(S(=O)(=O)N2CCOCC2)c1. The zero-order valence-electron chi connectivity index (χ0n) is 18.8. The fourth-order valence-electron chi connectivity index (χ4n) is 4.41. The number of carbonyl (C=O) groups excluding carboxylic acids is 1. The predicted molar refractivity (Wildman–Crippen MR) is 124 cm³/mol. The zero-order chi connectivity index (χ0) is 23.5. The Morgan fingerprint density at radius 2 is 1.85 bits per heavy atom. The van der Waals surface area contributed by atoms with E-state index in [2.05, 4.69) is 0 Å². The van der Waals surface area contributed by atoms with E-state index >= 15 is 0 Å². The predicted octanol–water partition coefficient (Wildman–Crippen LogP) is 3.45. The Morgan fingerprint density at radius 3 is 2.71 bits per heavy atom. The molecule has 0 N–H and O–H groups in total. The molecule has 8 nitrogen and oxygen atoms in total. The molecule has 0 amide bonds. The molecule has 0 spiro atoms. The number of fused-ring (bicyclic) bond motifs is 3. The van der Waals surface area contributed by atoms with E-state index < -0.39 is 16.0 Å². The molecule has 1 aromatic heterocycles. The molecule has 0 radical (unpaired) electrons. The average Bonchev–Trinajstić information content (AvgIpc) is 3.25. The number of aryl methyl sites for hydroxylation is 2. The van der Waals surface area contributed by atoms with Crippen LogP contribution in [0.15, 0.2) is 51.8 Å². The van der Waals surface area contributed by atoms with E-state index in [0.29, 0.717) is 37.6 Å². The van der Waals surface area contributed by atoms with Gasteiger partial charge in [-0.2, -0.15) is 4.31 Å². The first kappa shape index (κ1) is 22.9. The lowest BCUT2D eigenvalue weighted by Crippen LogP contribution is -2.40. The van der Waals surface area contributed by atoms with E-state index in [1.54, 1.807) is 24.3 Å². The molecule has 2 aromatic carbocycles. The number of furan rings is 1. The van der Waals surface area contributed by atoms with Gasteiger partial charge in [0.25, 0.3) is 0 Å². The number of hydrogen-bond acceptors (Lipinski definition) is 7. The van der Waals surface area contributed by atoms with Crippen LogP contribution in [0.25, 0.3) is 11.0 Å². The smallest absolute Gasteiger partial charge is 0.344 e. The second-order valence-corrected chi connectivity index (χ2v) is 10.4. The number of nitrogens with zero attached hydrogens (tertiary/aromatic N) is 1. The minimum absolute atomic E-state index is 0.0388. The summed E-state index contributed by atoms with van der Waals surface area (Å²) >= 11 is 0. The summed E-state index contributed by atoms with van der Waals surface area (Å²) in [7, 11) is -3.61. The normalized spacial score (nSPS) is 16.8. The van der Waals surface area contributed by atoms with Crippen molar-refractivity contribution in [3.8, 4) is 5.75 Å². The van der Waals surface area contributed by atoms with Crippen molar-refractivity contribution >= 4 is 27.0 Å². The molecule has 1 fully saturated rings. The zero-order valence-corrected chi connectivity index (χ0v) is 19.6. The largest absolute Gasteiger partial charge is 0.482 e. The maximum Gasteiger partial charge on any atom is 0.344 e. The second-order valence-electron chi connectivity index (χ2n) is 8.48. The van der Waals surface area contributed by atoms with Crippen LogP contribution in [0.4, 0.5) is 0 Å². The lowest BCUT2D eigenvalue weighted by Gasteiger charge is -2.26. The number of sulfonamides is 1. The van der Waals surface area contributed by atoms with Crippen molar-refractivity contribution in [2.24, 2.45) is 0 Å². The summed E-state index contributed by atoms with van der Waals surface area (Å²) in [4.78, 5) is 12.4. The van der Waals surface area contributed by atoms with Crippen LogP contribution in [-0.4, -0.2) is 51.6 Å². The summed E-state index contributed by atoms with van der Waals surface area (Å²) in [5, 5.41) is 1.04. The molecule has 1 aliphatic carbocycles. The highest BCUT2D eigenvalue weighted by molar-refractivity contribution is 7.89. The quantitative estimate of drug-likeness (QED) is 0.473. The Balaban J connectivity index is 1.18. The number of morpholine rings is 1. The van der Waals surface area contributed by atoms with Crippen LogP contribution >= 0.6 is 0 Å². The maximum atomic E-state index is 12.8. The molecule has 5 rings (SSSR count). The van der Waals surface area contributed by atoms with Gasteiger partial charge in [0.1, 0.15) is 23.7 Å². The standard InChI is InChI=1S/C25H27NO7S/c27-25(17-31-19-8-9-24-22(15-19)21-6-1-2-7-23(21)33-24)32-16-18-4-3-5-20(14-18)34(28,29)26-10-12-30-13-11-26/h3-5,8-9,14-15H,1-2,6-7,10-13,16-17H2. The molecule has 3 aromatic rings. The van der Waals surface area contributed by atoms with Crippen LogP contribution < -0.4 is 4.74 Å². The van der Waals surface area contributed by atoms with E-state index in [-0.39, 0.29) is 18.1 Å². The van der Waals surface area contributed by atoms with E-state index in [1.807, 2.05) is 12.1 Å². The third-order valence-corrected chi connectivity index (χ3v) is 8.08. The Morgan fingerprint density at radius 1 is 1.03 bits per heavy atom. The van der Waals surface area contributed by atoms with E-state index in [0.717, 1.165) is 42.4 Å². The molecule has 2 aliphatic rings. The Labute approximate surface area is 198 Å². The van der Waals surface area contributed by atoms with Gasteiger partial charge in [-0.1, -0.05) is 12.1 Å². The first-order valence-corrected chi connectivity index (χ1v) is 12.9. The van der Waals surface area contributed by atoms with E-state index in [9.17, 15) is 13.2 Å². The van der Waals surface area contributed by atoms with E-state index in [1.165, 1.54) is 15.9 Å². The first-order valence-electron chi connectivity index (χ1n) is 11.5. The summed E-state index contributed by atoms with van der Waals surface area (Å²) in [5.74, 6) is 1.10. The van der Waals surface area contributed by atoms with Crippen molar-refractivity contribution in [1.82, 2.24) is 4.31 Å². The van der Waals surface area contributed by atoms with Crippen LogP contribution in [0.3, 0.4) is 0 Å². The summed E-state index contributed by atoms with van der Waals surface area (Å²) in [6.07, 6.45) is 4.24.